The van der Waals surface area contributed by atoms with E-state index in [0.717, 1.165) is 34.1 Å². The summed E-state index contributed by atoms with van der Waals surface area (Å²) in [5.74, 6) is 0. The molecule has 0 aliphatic carbocycles. The minimum atomic E-state index is -3.67. The van der Waals surface area contributed by atoms with Gasteiger partial charge in [-0.1, -0.05) is 0 Å². The third-order valence-electron chi connectivity index (χ3n) is 9.37. The zero-order chi connectivity index (χ0) is 30.7. The van der Waals surface area contributed by atoms with Gasteiger partial charge in [-0.05, 0) is 0 Å². The average Bonchev–Trinajstić information content (AvgIpc) is 3.41. The summed E-state index contributed by atoms with van der Waals surface area (Å²) in [7, 11) is 0. The van der Waals surface area contributed by atoms with E-state index < -0.39 is 13.3 Å². The van der Waals surface area contributed by atoms with Crippen molar-refractivity contribution in [1.29, 1.82) is 0 Å². The topological polar surface area (TPSA) is 32.3 Å². The summed E-state index contributed by atoms with van der Waals surface area (Å²) < 4.78 is 5.50. The van der Waals surface area contributed by atoms with Crippen molar-refractivity contribution in [3.63, 3.8) is 0 Å². The summed E-state index contributed by atoms with van der Waals surface area (Å²) in [5.41, 5.74) is 10.3. The van der Waals surface area contributed by atoms with Crippen LogP contribution in [0.3, 0.4) is 0 Å². The number of anilines is 6. The number of fused-ring (bicyclic) bond motifs is 9. The van der Waals surface area contributed by atoms with Crippen LogP contribution in [0, 0.1) is 6.92 Å². The third-order valence-corrected chi connectivity index (χ3v) is 19.5. The van der Waals surface area contributed by atoms with Gasteiger partial charge in [0.05, 0.1) is 0 Å². The van der Waals surface area contributed by atoms with Gasteiger partial charge < -0.3 is 0 Å². The number of aryl methyl sites for hydroxylation is 1. The van der Waals surface area contributed by atoms with Gasteiger partial charge in [0.15, 0.2) is 0 Å². The SMILES string of the molecule is Cc1ccc2[c](c1)[Ge]1([c]3cc(N(c4ccccc4)c4ccccc4)ccc3N2c2ccccc2)[c]2cccnc2-c2nccc[c]21. The van der Waals surface area contributed by atoms with Crippen molar-refractivity contribution >= 4 is 65.0 Å². The van der Waals surface area contributed by atoms with E-state index in [1.807, 2.05) is 12.4 Å². The van der Waals surface area contributed by atoms with Crippen molar-refractivity contribution in [3.8, 4) is 11.4 Å². The normalized spacial score (nSPS) is 13.5. The predicted octanol–water partition coefficient (Wildman–Crippen LogP) is 7.40. The minimum absolute atomic E-state index is 1.03. The van der Waals surface area contributed by atoms with Crippen LogP contribution in [0.1, 0.15) is 5.56 Å². The summed E-state index contributed by atoms with van der Waals surface area (Å²) in [6, 6.07) is 55.1. The van der Waals surface area contributed by atoms with E-state index in [1.54, 1.807) is 0 Å². The Balaban J connectivity index is 1.42. The van der Waals surface area contributed by atoms with Gasteiger partial charge in [0.1, 0.15) is 0 Å². The van der Waals surface area contributed by atoms with E-state index in [1.165, 1.54) is 34.5 Å². The number of nitrogens with zero attached hydrogens (tertiary/aromatic N) is 4. The van der Waals surface area contributed by atoms with Gasteiger partial charge in [0, 0.05) is 0 Å². The van der Waals surface area contributed by atoms with Crippen molar-refractivity contribution < 1.29 is 0 Å². The Morgan fingerprint density at radius 2 is 1.00 bits per heavy atom. The zero-order valence-corrected chi connectivity index (χ0v) is 27.5. The fourth-order valence-corrected chi connectivity index (χ4v) is 19.0. The Labute approximate surface area is 271 Å². The predicted molar refractivity (Wildman–Crippen MR) is 192 cm³/mol. The molecule has 1 spiro atoms. The first-order chi connectivity index (χ1) is 22.7. The molecular weight excluding hydrogens is 621 g/mol. The van der Waals surface area contributed by atoms with Crippen molar-refractivity contribution in [2.45, 2.75) is 6.92 Å². The first-order valence-corrected chi connectivity index (χ1v) is 19.9. The quantitative estimate of drug-likeness (QED) is 0.186. The van der Waals surface area contributed by atoms with Gasteiger partial charge in [-0.3, -0.25) is 0 Å². The molecule has 4 heterocycles. The van der Waals surface area contributed by atoms with E-state index in [9.17, 15) is 0 Å². The fraction of sp³-hybridized carbons (Fsp3) is 0.0244. The molecule has 0 fully saturated rings. The van der Waals surface area contributed by atoms with E-state index in [2.05, 4.69) is 168 Å². The van der Waals surface area contributed by atoms with Crippen molar-refractivity contribution in [1.82, 2.24) is 9.97 Å². The molecule has 5 heteroatoms. The molecule has 0 bridgehead atoms. The van der Waals surface area contributed by atoms with Gasteiger partial charge >= 0.3 is 273 Å². The Hall–Kier alpha value is -5.46. The van der Waals surface area contributed by atoms with Gasteiger partial charge in [-0.25, -0.2) is 0 Å². The van der Waals surface area contributed by atoms with E-state index in [-0.39, 0.29) is 0 Å². The first-order valence-electron chi connectivity index (χ1n) is 15.7. The number of hydrogen-bond acceptors (Lipinski definition) is 4. The van der Waals surface area contributed by atoms with Crippen molar-refractivity contribution in [2.75, 3.05) is 9.80 Å². The standard InChI is InChI=1S/C41H30GeN4/c1-29-21-23-38-36(27-29)42(34-19-11-25-43-40(34)41-35(42)20-12-26-44-41)37-28-33(22-24-39(37)46(38)32-17-9-4-10-18-32)45(30-13-5-2-6-14-30)31-15-7-3-8-16-31/h2-28H,1H3. The van der Waals surface area contributed by atoms with Gasteiger partial charge in [0.2, 0.25) is 0 Å². The molecule has 4 nitrogen and oxygen atoms in total. The maximum atomic E-state index is 5.01. The third kappa shape index (κ3) is 3.87. The Morgan fingerprint density at radius 3 is 1.59 bits per heavy atom. The summed E-state index contributed by atoms with van der Waals surface area (Å²) >= 11 is -3.67. The molecule has 2 aromatic heterocycles. The first kappa shape index (κ1) is 26.9. The number of rotatable bonds is 4. The maximum absolute atomic E-state index is 5.01. The number of aromatic nitrogens is 2. The van der Waals surface area contributed by atoms with Crippen LogP contribution < -0.4 is 27.4 Å². The summed E-state index contributed by atoms with van der Waals surface area (Å²) in [5, 5.41) is 0. The van der Waals surface area contributed by atoms with Crippen LogP contribution in [0.5, 0.6) is 0 Å². The van der Waals surface area contributed by atoms with Crippen LogP contribution in [0.15, 0.2) is 164 Å². The molecule has 9 rings (SSSR count). The number of hydrogen-bond donors (Lipinski definition) is 0. The second-order valence-electron chi connectivity index (χ2n) is 11.9. The molecule has 5 aromatic carbocycles. The van der Waals surface area contributed by atoms with Crippen LogP contribution in [-0.4, -0.2) is 23.2 Å². The second kappa shape index (κ2) is 10.6. The fourth-order valence-electron chi connectivity index (χ4n) is 7.55. The summed E-state index contributed by atoms with van der Waals surface area (Å²) in [4.78, 5) is 14.9. The molecule has 0 saturated heterocycles. The molecule has 0 atom stereocenters. The second-order valence-corrected chi connectivity index (χ2v) is 19.6. The van der Waals surface area contributed by atoms with Crippen LogP contribution in [0.4, 0.5) is 34.1 Å². The van der Waals surface area contributed by atoms with Gasteiger partial charge in [-0.15, -0.1) is 0 Å². The molecule has 0 N–H and O–H groups in total. The van der Waals surface area contributed by atoms with E-state index in [0.29, 0.717) is 0 Å². The summed E-state index contributed by atoms with van der Waals surface area (Å²) in [6.45, 7) is 2.21. The van der Waals surface area contributed by atoms with E-state index in [4.69, 9.17) is 9.97 Å². The molecule has 46 heavy (non-hydrogen) atoms. The molecule has 0 amide bonds. The summed E-state index contributed by atoms with van der Waals surface area (Å²) in [6.07, 6.45) is 3.83. The van der Waals surface area contributed by atoms with Crippen molar-refractivity contribution in [2.24, 2.45) is 0 Å². The molecule has 2 aliphatic heterocycles. The van der Waals surface area contributed by atoms with Crippen LogP contribution >= 0.6 is 0 Å². The molecule has 2 aliphatic rings. The Bertz CT molecular complexity index is 2150. The van der Waals surface area contributed by atoms with E-state index >= 15 is 0 Å². The monoisotopic (exact) mass is 652 g/mol. The Morgan fingerprint density at radius 1 is 0.478 bits per heavy atom. The molecule has 0 saturated carbocycles. The molecule has 7 aromatic rings. The van der Waals surface area contributed by atoms with Crippen LogP contribution in [-0.2, 0) is 0 Å². The molecule has 218 valence electrons. The molecule has 0 unspecified atom stereocenters. The average molecular weight is 651 g/mol. The van der Waals surface area contributed by atoms with Crippen molar-refractivity contribution in [3.05, 3.63) is 170 Å². The van der Waals surface area contributed by atoms with Gasteiger partial charge in [-0.2, -0.15) is 0 Å². The van der Waals surface area contributed by atoms with Crippen LogP contribution in [0.25, 0.3) is 11.4 Å². The number of para-hydroxylation sites is 3. The molecule has 0 radical (unpaired) electrons. The van der Waals surface area contributed by atoms with Gasteiger partial charge in [0.25, 0.3) is 0 Å². The number of benzene rings is 5. The zero-order valence-electron chi connectivity index (χ0n) is 25.4. The number of pyridine rings is 2. The Kier molecular flexibility index (Phi) is 6.18. The molecular formula is C41H30GeN4. The van der Waals surface area contributed by atoms with Crippen LogP contribution in [0.2, 0.25) is 0 Å².